The highest BCUT2D eigenvalue weighted by molar-refractivity contribution is 5.71. The number of cyclic esters (lactones) is 1. The van der Waals surface area contributed by atoms with E-state index in [4.69, 9.17) is 4.74 Å². The average Bonchev–Trinajstić information content (AvgIpc) is 2.66. The van der Waals surface area contributed by atoms with Crippen LogP contribution < -0.4 is 0 Å². The first-order valence-electron chi connectivity index (χ1n) is 5.81. The fourth-order valence-corrected chi connectivity index (χ4v) is 3.72. The van der Waals surface area contributed by atoms with Gasteiger partial charge in [0, 0.05) is 5.92 Å². The van der Waals surface area contributed by atoms with Gasteiger partial charge in [0.2, 0.25) is 0 Å². The van der Waals surface area contributed by atoms with Crippen molar-refractivity contribution in [2.24, 2.45) is 23.2 Å². The van der Waals surface area contributed by atoms with Crippen molar-refractivity contribution >= 4 is 5.97 Å². The van der Waals surface area contributed by atoms with Crippen LogP contribution in [0.3, 0.4) is 0 Å². The van der Waals surface area contributed by atoms with Gasteiger partial charge in [0.15, 0.2) is 0 Å². The van der Waals surface area contributed by atoms with E-state index in [1.54, 1.807) is 0 Å². The first kappa shape index (κ1) is 9.64. The highest BCUT2D eigenvalue weighted by Crippen LogP contribution is 2.68. The summed E-state index contributed by atoms with van der Waals surface area (Å²) in [6, 6.07) is 0. The lowest BCUT2D eigenvalue weighted by atomic mass is 9.73. The molecule has 0 aromatic rings. The molecule has 0 aromatic carbocycles. The standard InChI is InChI=1S/C12H18O3/c1-11(2)8-3-7-4-10(13)15-6-12(7,14)5-9(8)11/h7-9,14H,3-6H2,1-2H3/t7-,8+,9-,12-/m0/s1. The van der Waals surface area contributed by atoms with Crippen molar-refractivity contribution in [3.05, 3.63) is 0 Å². The molecular formula is C12H18O3. The molecule has 0 aromatic heterocycles. The second kappa shape index (κ2) is 2.57. The van der Waals surface area contributed by atoms with Crippen LogP contribution in [0.2, 0.25) is 0 Å². The van der Waals surface area contributed by atoms with Gasteiger partial charge in [-0.2, -0.15) is 0 Å². The van der Waals surface area contributed by atoms with Crippen LogP contribution >= 0.6 is 0 Å². The van der Waals surface area contributed by atoms with Crippen LogP contribution in [0.4, 0.5) is 0 Å². The van der Waals surface area contributed by atoms with E-state index in [1.807, 2.05) is 0 Å². The molecule has 1 aliphatic heterocycles. The van der Waals surface area contributed by atoms with Gasteiger partial charge in [-0.25, -0.2) is 0 Å². The predicted octanol–water partition coefficient (Wildman–Crippen LogP) is 1.35. The Hall–Kier alpha value is -0.570. The van der Waals surface area contributed by atoms with Gasteiger partial charge < -0.3 is 9.84 Å². The van der Waals surface area contributed by atoms with Gasteiger partial charge in [0.05, 0.1) is 6.42 Å². The minimum Gasteiger partial charge on any atom is -0.463 e. The number of aliphatic hydroxyl groups is 1. The SMILES string of the molecule is CC1(C)[C@@H]2C[C@H]3CC(=O)OC[C@@]3(O)C[C@@H]21. The number of fused-ring (bicyclic) bond motifs is 2. The molecule has 1 saturated heterocycles. The minimum atomic E-state index is -0.719. The molecule has 2 aliphatic carbocycles. The fourth-order valence-electron chi connectivity index (χ4n) is 3.72. The lowest BCUT2D eigenvalue weighted by Crippen LogP contribution is -2.50. The Balaban J connectivity index is 1.84. The molecule has 3 rings (SSSR count). The summed E-state index contributed by atoms with van der Waals surface area (Å²) in [4.78, 5) is 11.2. The molecule has 0 radical (unpaired) electrons. The van der Waals surface area contributed by atoms with Gasteiger partial charge in [-0.3, -0.25) is 4.79 Å². The molecule has 1 heterocycles. The third-order valence-electron chi connectivity index (χ3n) is 5.06. The van der Waals surface area contributed by atoms with Gasteiger partial charge >= 0.3 is 5.97 Å². The van der Waals surface area contributed by atoms with Gasteiger partial charge in [0.1, 0.15) is 12.2 Å². The van der Waals surface area contributed by atoms with Gasteiger partial charge in [0.25, 0.3) is 0 Å². The summed E-state index contributed by atoms with van der Waals surface area (Å²) >= 11 is 0. The first-order valence-corrected chi connectivity index (χ1v) is 5.81. The van der Waals surface area contributed by atoms with Crippen molar-refractivity contribution in [2.45, 2.75) is 38.7 Å². The van der Waals surface area contributed by atoms with Crippen molar-refractivity contribution in [2.75, 3.05) is 6.61 Å². The Morgan fingerprint density at radius 3 is 2.87 bits per heavy atom. The van der Waals surface area contributed by atoms with Crippen LogP contribution in [0.5, 0.6) is 0 Å². The quantitative estimate of drug-likeness (QED) is 0.614. The van der Waals surface area contributed by atoms with E-state index >= 15 is 0 Å². The Morgan fingerprint density at radius 1 is 1.40 bits per heavy atom. The van der Waals surface area contributed by atoms with Gasteiger partial charge in [-0.1, -0.05) is 13.8 Å². The molecule has 3 fully saturated rings. The molecule has 0 amide bonds. The second-order valence-electron chi connectivity index (χ2n) is 6.14. The molecule has 3 nitrogen and oxygen atoms in total. The van der Waals surface area contributed by atoms with Crippen molar-refractivity contribution < 1.29 is 14.6 Å². The number of hydrogen-bond donors (Lipinski definition) is 1. The molecule has 3 heteroatoms. The van der Waals surface area contributed by atoms with E-state index in [0.717, 1.165) is 12.8 Å². The Morgan fingerprint density at radius 2 is 2.13 bits per heavy atom. The zero-order valence-corrected chi connectivity index (χ0v) is 9.32. The zero-order chi connectivity index (χ0) is 10.8. The van der Waals surface area contributed by atoms with Crippen LogP contribution in [0.25, 0.3) is 0 Å². The molecule has 4 atom stereocenters. The largest absolute Gasteiger partial charge is 0.463 e. The highest BCUT2D eigenvalue weighted by atomic mass is 16.5. The number of esters is 1. The van der Waals surface area contributed by atoms with E-state index in [2.05, 4.69) is 13.8 Å². The number of hydrogen-bond acceptors (Lipinski definition) is 3. The molecule has 1 N–H and O–H groups in total. The molecule has 2 saturated carbocycles. The maximum atomic E-state index is 11.2. The number of rotatable bonds is 0. The Labute approximate surface area is 89.8 Å². The van der Waals surface area contributed by atoms with E-state index in [9.17, 15) is 9.90 Å². The molecule has 84 valence electrons. The van der Waals surface area contributed by atoms with Crippen LogP contribution in [-0.4, -0.2) is 23.3 Å². The topological polar surface area (TPSA) is 46.5 Å². The van der Waals surface area contributed by atoms with E-state index in [-0.39, 0.29) is 18.5 Å². The highest BCUT2D eigenvalue weighted by Gasteiger charge is 2.65. The minimum absolute atomic E-state index is 0.137. The lowest BCUT2D eigenvalue weighted by molar-refractivity contribution is -0.179. The third-order valence-corrected chi connectivity index (χ3v) is 5.06. The van der Waals surface area contributed by atoms with Gasteiger partial charge in [-0.15, -0.1) is 0 Å². The maximum Gasteiger partial charge on any atom is 0.306 e. The first-order chi connectivity index (χ1) is 6.93. The molecule has 0 bridgehead atoms. The Kier molecular flexibility index (Phi) is 1.65. The van der Waals surface area contributed by atoms with Gasteiger partial charge in [-0.05, 0) is 30.1 Å². The summed E-state index contributed by atoms with van der Waals surface area (Å²) in [5, 5.41) is 10.5. The summed E-state index contributed by atoms with van der Waals surface area (Å²) in [6.07, 6.45) is 2.24. The summed E-state index contributed by atoms with van der Waals surface area (Å²) in [5.41, 5.74) is -0.348. The maximum absolute atomic E-state index is 11.2. The molecule has 15 heavy (non-hydrogen) atoms. The number of ether oxygens (including phenoxy) is 1. The fraction of sp³-hybridized carbons (Fsp3) is 0.917. The van der Waals surface area contributed by atoms with E-state index in [1.165, 1.54) is 0 Å². The predicted molar refractivity (Wildman–Crippen MR) is 54.0 cm³/mol. The Bertz CT molecular complexity index is 323. The summed E-state index contributed by atoms with van der Waals surface area (Å²) in [6.45, 7) is 4.76. The van der Waals surface area contributed by atoms with Crippen molar-refractivity contribution in [1.82, 2.24) is 0 Å². The normalized spacial score (nSPS) is 51.4. The van der Waals surface area contributed by atoms with Crippen LogP contribution in [0.15, 0.2) is 0 Å². The summed E-state index contributed by atoms with van der Waals surface area (Å²) in [5.74, 6) is 1.35. The van der Waals surface area contributed by atoms with E-state index in [0.29, 0.717) is 23.7 Å². The van der Waals surface area contributed by atoms with E-state index < -0.39 is 5.60 Å². The average molecular weight is 210 g/mol. The monoisotopic (exact) mass is 210 g/mol. The smallest absolute Gasteiger partial charge is 0.306 e. The second-order valence-corrected chi connectivity index (χ2v) is 6.14. The van der Waals surface area contributed by atoms with Crippen molar-refractivity contribution in [3.63, 3.8) is 0 Å². The molecule has 0 unspecified atom stereocenters. The lowest BCUT2D eigenvalue weighted by Gasteiger charge is -2.41. The van der Waals surface area contributed by atoms with Crippen LogP contribution in [-0.2, 0) is 9.53 Å². The summed E-state index contributed by atoms with van der Waals surface area (Å²) in [7, 11) is 0. The van der Waals surface area contributed by atoms with Crippen molar-refractivity contribution in [3.8, 4) is 0 Å². The molecular weight excluding hydrogens is 192 g/mol. The van der Waals surface area contributed by atoms with Crippen LogP contribution in [0, 0.1) is 23.2 Å². The van der Waals surface area contributed by atoms with Crippen molar-refractivity contribution in [1.29, 1.82) is 0 Å². The number of carbonyl (C=O) groups is 1. The zero-order valence-electron chi connectivity index (χ0n) is 9.32. The number of carbonyl (C=O) groups excluding carboxylic acids is 1. The third kappa shape index (κ3) is 1.19. The molecule has 0 spiro atoms. The summed E-state index contributed by atoms with van der Waals surface area (Å²) < 4.78 is 5.00. The van der Waals surface area contributed by atoms with Crippen LogP contribution in [0.1, 0.15) is 33.1 Å². The molecule has 3 aliphatic rings.